The molecule has 6 unspecified atom stereocenters. The molecule has 3 amide bonds. The zero-order valence-corrected chi connectivity index (χ0v) is 20.7. The molecule has 198 valence electrons. The summed E-state index contributed by atoms with van der Waals surface area (Å²) in [6, 6.07) is 2.16. The number of carbonyl (C=O) groups is 4. The molecule has 0 aliphatic carbocycles. The number of aromatic amines is 1. The van der Waals surface area contributed by atoms with Crippen LogP contribution in [-0.4, -0.2) is 80.4 Å². The van der Waals surface area contributed by atoms with Gasteiger partial charge in [-0.25, -0.2) is 4.79 Å². The molecule has 0 spiro atoms. The van der Waals surface area contributed by atoms with Gasteiger partial charge in [-0.1, -0.05) is 32.0 Å². The fourth-order valence-corrected chi connectivity index (χ4v) is 3.64. The van der Waals surface area contributed by atoms with Gasteiger partial charge in [0.2, 0.25) is 17.7 Å². The van der Waals surface area contributed by atoms with Crippen molar-refractivity contribution in [1.29, 1.82) is 0 Å². The van der Waals surface area contributed by atoms with Crippen molar-refractivity contribution in [3.63, 3.8) is 0 Å². The van der Waals surface area contributed by atoms with Crippen LogP contribution >= 0.6 is 0 Å². The number of para-hydroxylation sites is 1. The van der Waals surface area contributed by atoms with Gasteiger partial charge >= 0.3 is 5.97 Å². The molecular weight excluding hydrogens is 470 g/mol. The maximum Gasteiger partial charge on any atom is 0.328 e. The van der Waals surface area contributed by atoms with Crippen LogP contribution < -0.4 is 21.7 Å². The SMILES string of the molecule is CC(C)C(NC(=O)C(N)C(C)O)C(=O)NC(Cc1c[nH]c2ccccc12)C(=O)NC(C(=O)O)C(C)O. The number of nitrogens with one attached hydrogen (secondary N) is 4. The normalized spacial score (nSPS) is 16.4. The van der Waals surface area contributed by atoms with Crippen molar-refractivity contribution < 1.29 is 34.5 Å². The molecule has 9 N–H and O–H groups in total. The number of benzene rings is 1. The summed E-state index contributed by atoms with van der Waals surface area (Å²) < 4.78 is 0. The lowest BCUT2D eigenvalue weighted by atomic mass is 9.99. The number of nitrogens with two attached hydrogens (primary N) is 1. The number of hydrogen-bond acceptors (Lipinski definition) is 7. The molecule has 1 aromatic heterocycles. The second-order valence-electron chi connectivity index (χ2n) is 9.19. The summed E-state index contributed by atoms with van der Waals surface area (Å²) in [5.41, 5.74) is 7.17. The van der Waals surface area contributed by atoms with Gasteiger partial charge < -0.3 is 42.0 Å². The van der Waals surface area contributed by atoms with Gasteiger partial charge in [-0.2, -0.15) is 0 Å². The first-order chi connectivity index (χ1) is 16.8. The van der Waals surface area contributed by atoms with Crippen LogP contribution in [0, 0.1) is 5.92 Å². The van der Waals surface area contributed by atoms with Crippen LogP contribution in [0.25, 0.3) is 10.9 Å². The first-order valence-electron chi connectivity index (χ1n) is 11.6. The van der Waals surface area contributed by atoms with E-state index in [1.54, 1.807) is 20.0 Å². The van der Waals surface area contributed by atoms with Gasteiger partial charge in [0.25, 0.3) is 0 Å². The molecule has 1 aromatic carbocycles. The van der Waals surface area contributed by atoms with E-state index in [1.165, 1.54) is 13.8 Å². The first kappa shape index (κ1) is 28.8. The number of aliphatic hydroxyl groups excluding tert-OH is 2. The molecule has 2 rings (SSSR count). The molecular formula is C24H35N5O7. The van der Waals surface area contributed by atoms with Crippen LogP contribution in [0.1, 0.15) is 33.3 Å². The quantitative estimate of drug-likeness (QED) is 0.179. The third kappa shape index (κ3) is 7.26. The van der Waals surface area contributed by atoms with Gasteiger partial charge in [-0.05, 0) is 31.4 Å². The zero-order valence-electron chi connectivity index (χ0n) is 20.7. The fourth-order valence-electron chi connectivity index (χ4n) is 3.64. The number of H-pyrrole nitrogens is 1. The third-order valence-electron chi connectivity index (χ3n) is 5.85. The number of amides is 3. The summed E-state index contributed by atoms with van der Waals surface area (Å²) in [6.45, 7) is 5.93. The van der Waals surface area contributed by atoms with Crippen LogP contribution in [0.5, 0.6) is 0 Å². The Bertz CT molecular complexity index is 1080. The van der Waals surface area contributed by atoms with Crippen LogP contribution in [0.2, 0.25) is 0 Å². The van der Waals surface area contributed by atoms with E-state index in [2.05, 4.69) is 20.9 Å². The molecule has 0 aliphatic heterocycles. The van der Waals surface area contributed by atoms with Gasteiger partial charge in [0.1, 0.15) is 18.1 Å². The molecule has 0 aliphatic rings. The Morgan fingerprint density at radius 1 is 0.889 bits per heavy atom. The summed E-state index contributed by atoms with van der Waals surface area (Å²) in [4.78, 5) is 53.3. The minimum Gasteiger partial charge on any atom is -0.480 e. The van der Waals surface area contributed by atoms with Crippen LogP contribution in [-0.2, 0) is 25.6 Å². The number of aliphatic carboxylic acids is 1. The number of fused-ring (bicyclic) bond motifs is 1. The number of hydrogen-bond donors (Lipinski definition) is 8. The van der Waals surface area contributed by atoms with Crippen molar-refractivity contribution in [2.45, 2.75) is 70.5 Å². The number of carboxylic acid groups (broad SMARTS) is 1. The average molecular weight is 506 g/mol. The van der Waals surface area contributed by atoms with Crippen LogP contribution in [0.3, 0.4) is 0 Å². The van der Waals surface area contributed by atoms with E-state index in [4.69, 9.17) is 5.73 Å². The maximum atomic E-state index is 13.2. The summed E-state index contributed by atoms with van der Waals surface area (Å²) >= 11 is 0. The Balaban J connectivity index is 2.32. The number of aromatic nitrogens is 1. The van der Waals surface area contributed by atoms with E-state index in [0.29, 0.717) is 5.56 Å². The number of aliphatic hydroxyl groups is 2. The summed E-state index contributed by atoms with van der Waals surface area (Å²) in [7, 11) is 0. The molecule has 0 fully saturated rings. The Morgan fingerprint density at radius 2 is 1.50 bits per heavy atom. The van der Waals surface area contributed by atoms with Crippen molar-refractivity contribution in [2.24, 2.45) is 11.7 Å². The van der Waals surface area contributed by atoms with Crippen molar-refractivity contribution in [3.05, 3.63) is 36.0 Å². The molecule has 0 saturated carbocycles. The molecule has 12 nitrogen and oxygen atoms in total. The fraction of sp³-hybridized carbons (Fsp3) is 0.500. The highest BCUT2D eigenvalue weighted by Gasteiger charge is 2.33. The summed E-state index contributed by atoms with van der Waals surface area (Å²) in [5.74, 6) is -4.10. The highest BCUT2D eigenvalue weighted by atomic mass is 16.4. The Labute approximate surface area is 208 Å². The lowest BCUT2D eigenvalue weighted by Crippen LogP contribution is -2.60. The number of carboxylic acids is 1. The molecule has 6 atom stereocenters. The largest absolute Gasteiger partial charge is 0.480 e. The topological polar surface area (TPSA) is 207 Å². The average Bonchev–Trinajstić information content (AvgIpc) is 3.21. The molecule has 12 heteroatoms. The highest BCUT2D eigenvalue weighted by molar-refractivity contribution is 5.95. The molecule has 0 saturated heterocycles. The predicted molar refractivity (Wildman–Crippen MR) is 132 cm³/mol. The Hall–Kier alpha value is -3.48. The smallest absolute Gasteiger partial charge is 0.328 e. The Kier molecular flexibility index (Phi) is 9.96. The van der Waals surface area contributed by atoms with E-state index in [9.17, 15) is 34.5 Å². The third-order valence-corrected chi connectivity index (χ3v) is 5.85. The van der Waals surface area contributed by atoms with Crippen molar-refractivity contribution >= 4 is 34.6 Å². The minimum atomic E-state index is -1.59. The van der Waals surface area contributed by atoms with Crippen LogP contribution in [0.4, 0.5) is 0 Å². The van der Waals surface area contributed by atoms with Crippen molar-refractivity contribution in [3.8, 4) is 0 Å². The van der Waals surface area contributed by atoms with Gasteiger partial charge in [-0.3, -0.25) is 14.4 Å². The highest BCUT2D eigenvalue weighted by Crippen LogP contribution is 2.19. The van der Waals surface area contributed by atoms with E-state index in [-0.39, 0.29) is 6.42 Å². The van der Waals surface area contributed by atoms with E-state index < -0.39 is 66.0 Å². The minimum absolute atomic E-state index is 0.000313. The van der Waals surface area contributed by atoms with E-state index >= 15 is 0 Å². The maximum absolute atomic E-state index is 13.2. The molecule has 1 heterocycles. The van der Waals surface area contributed by atoms with Crippen molar-refractivity contribution in [2.75, 3.05) is 0 Å². The lowest BCUT2D eigenvalue weighted by molar-refractivity contribution is -0.145. The Morgan fingerprint density at radius 3 is 2.06 bits per heavy atom. The van der Waals surface area contributed by atoms with Gasteiger partial charge in [-0.15, -0.1) is 0 Å². The second kappa shape index (κ2) is 12.5. The first-order valence-corrected chi connectivity index (χ1v) is 11.6. The predicted octanol–water partition coefficient (Wildman–Crippen LogP) is -1.01. The molecule has 0 bridgehead atoms. The van der Waals surface area contributed by atoms with Crippen LogP contribution in [0.15, 0.2) is 30.5 Å². The standard InChI is InChI=1S/C24H35N5O7/c1-11(2)19(28-22(33)18(25)12(3)30)23(34)27-17(21(32)29-20(13(4)31)24(35)36)9-14-10-26-16-8-6-5-7-15(14)16/h5-8,10-13,17-20,26,30-31H,9,25H2,1-4H3,(H,27,34)(H,28,33)(H,29,32)(H,35,36). The van der Waals surface area contributed by atoms with E-state index in [0.717, 1.165) is 10.9 Å². The number of carbonyl (C=O) groups excluding carboxylic acids is 3. The molecule has 36 heavy (non-hydrogen) atoms. The van der Waals surface area contributed by atoms with E-state index in [1.807, 2.05) is 24.3 Å². The van der Waals surface area contributed by atoms with Gasteiger partial charge in [0.05, 0.1) is 12.2 Å². The second-order valence-corrected chi connectivity index (χ2v) is 9.19. The van der Waals surface area contributed by atoms with Crippen molar-refractivity contribution in [1.82, 2.24) is 20.9 Å². The van der Waals surface area contributed by atoms with Gasteiger partial charge in [0, 0.05) is 23.5 Å². The zero-order chi connectivity index (χ0) is 27.2. The lowest BCUT2D eigenvalue weighted by Gasteiger charge is -2.27. The van der Waals surface area contributed by atoms with Gasteiger partial charge in [0.15, 0.2) is 6.04 Å². The monoisotopic (exact) mass is 505 g/mol. The number of rotatable bonds is 12. The molecule has 2 aromatic rings. The summed E-state index contributed by atoms with van der Waals surface area (Å²) in [6.07, 6.45) is -0.848. The summed E-state index contributed by atoms with van der Waals surface area (Å²) in [5, 5.41) is 36.9. The molecule has 0 radical (unpaired) electrons.